The van der Waals surface area contributed by atoms with Gasteiger partial charge in [0.15, 0.2) is 0 Å². The number of nitrogens with zero attached hydrogens (tertiary/aromatic N) is 1. The molecule has 0 bridgehead atoms. The summed E-state index contributed by atoms with van der Waals surface area (Å²) in [5.41, 5.74) is 0.896. The lowest BCUT2D eigenvalue weighted by molar-refractivity contribution is -0.142. The Morgan fingerprint density at radius 2 is 2.04 bits per heavy atom. The molecule has 0 saturated carbocycles. The lowest BCUT2D eigenvalue weighted by Crippen LogP contribution is -2.42. The van der Waals surface area contributed by atoms with Gasteiger partial charge in [0.1, 0.15) is 10.4 Å². The molecule has 1 aliphatic heterocycles. The molecule has 1 saturated heterocycles. The standard InChI is InChI=1S/C17H18N2O4S2/c1-2-12(16(22)23)18-14(20)8-9-19-15(21)13(25-17(19)24)10-11-6-4-3-5-7-11/h3-7,10,12H,2,8-9H2,1H3,(H,18,20)(H,22,23)/b13-10+. The SMILES string of the molecule is CCC(NC(=O)CCN1C(=O)/C(=C\c2ccccc2)SC1=S)C(=O)O. The molecule has 8 heteroatoms. The molecule has 1 aromatic carbocycles. The maximum Gasteiger partial charge on any atom is 0.326 e. The number of amides is 2. The number of thioether (sulfide) groups is 1. The van der Waals surface area contributed by atoms with Gasteiger partial charge in [-0.3, -0.25) is 14.5 Å². The summed E-state index contributed by atoms with van der Waals surface area (Å²) in [6.07, 6.45) is 2.05. The van der Waals surface area contributed by atoms with Crippen molar-refractivity contribution in [1.82, 2.24) is 10.2 Å². The Balaban J connectivity index is 1.96. The second-order valence-electron chi connectivity index (χ2n) is 5.36. The molecule has 0 radical (unpaired) electrons. The molecule has 1 fully saturated rings. The van der Waals surface area contributed by atoms with E-state index in [9.17, 15) is 14.4 Å². The summed E-state index contributed by atoms with van der Waals surface area (Å²) in [4.78, 5) is 37.1. The molecule has 0 aliphatic carbocycles. The molecule has 25 heavy (non-hydrogen) atoms. The third kappa shape index (κ3) is 5.14. The Labute approximate surface area is 155 Å². The number of aliphatic carboxylic acids is 1. The van der Waals surface area contributed by atoms with E-state index in [-0.39, 0.29) is 18.9 Å². The van der Waals surface area contributed by atoms with Crippen molar-refractivity contribution in [2.24, 2.45) is 0 Å². The van der Waals surface area contributed by atoms with Crippen molar-refractivity contribution in [3.8, 4) is 0 Å². The zero-order valence-corrected chi connectivity index (χ0v) is 15.2. The average molecular weight is 378 g/mol. The molecule has 0 spiro atoms. The number of carboxylic acid groups (broad SMARTS) is 1. The fraction of sp³-hybridized carbons (Fsp3) is 0.294. The van der Waals surface area contributed by atoms with E-state index in [0.717, 1.165) is 5.56 Å². The van der Waals surface area contributed by atoms with Crippen molar-refractivity contribution < 1.29 is 19.5 Å². The highest BCUT2D eigenvalue weighted by molar-refractivity contribution is 8.26. The second kappa shape index (κ2) is 8.77. The Kier molecular flexibility index (Phi) is 6.72. The van der Waals surface area contributed by atoms with Gasteiger partial charge in [-0.15, -0.1) is 0 Å². The highest BCUT2D eigenvalue weighted by Gasteiger charge is 2.32. The predicted octanol–water partition coefficient (Wildman–Crippen LogP) is 2.26. The van der Waals surface area contributed by atoms with Crippen LogP contribution >= 0.6 is 24.0 Å². The molecule has 1 aromatic rings. The summed E-state index contributed by atoms with van der Waals surface area (Å²) >= 11 is 6.41. The number of hydrogen-bond acceptors (Lipinski definition) is 5. The summed E-state index contributed by atoms with van der Waals surface area (Å²) in [5.74, 6) is -1.74. The number of thiocarbonyl (C=S) groups is 1. The van der Waals surface area contributed by atoms with E-state index in [1.165, 1.54) is 16.7 Å². The molecule has 0 aromatic heterocycles. The number of carbonyl (C=O) groups is 3. The van der Waals surface area contributed by atoms with Gasteiger partial charge in [-0.2, -0.15) is 0 Å². The maximum atomic E-state index is 12.4. The van der Waals surface area contributed by atoms with E-state index in [1.807, 2.05) is 30.3 Å². The van der Waals surface area contributed by atoms with Gasteiger partial charge in [0.05, 0.1) is 4.91 Å². The van der Waals surface area contributed by atoms with Gasteiger partial charge in [-0.05, 0) is 18.1 Å². The molecular weight excluding hydrogens is 360 g/mol. The third-order valence-corrected chi connectivity index (χ3v) is 4.95. The van der Waals surface area contributed by atoms with Crippen LogP contribution in [-0.4, -0.2) is 44.7 Å². The summed E-state index contributed by atoms with van der Waals surface area (Å²) in [6.45, 7) is 1.80. The molecule has 1 heterocycles. The Hall–Kier alpha value is -2.19. The fourth-order valence-corrected chi connectivity index (χ4v) is 3.52. The van der Waals surface area contributed by atoms with Crippen LogP contribution in [0, 0.1) is 0 Å². The van der Waals surface area contributed by atoms with Gasteiger partial charge in [0, 0.05) is 13.0 Å². The first kappa shape index (κ1) is 19.1. The first-order chi connectivity index (χ1) is 11.9. The molecule has 2 amide bonds. The first-order valence-electron chi connectivity index (χ1n) is 7.75. The van der Waals surface area contributed by atoms with Gasteiger partial charge < -0.3 is 10.4 Å². The number of hydrogen-bond donors (Lipinski definition) is 2. The summed E-state index contributed by atoms with van der Waals surface area (Å²) in [6, 6.07) is 8.50. The Morgan fingerprint density at radius 3 is 2.64 bits per heavy atom. The van der Waals surface area contributed by atoms with E-state index in [4.69, 9.17) is 17.3 Å². The lowest BCUT2D eigenvalue weighted by Gasteiger charge is -2.16. The topological polar surface area (TPSA) is 86.7 Å². The molecule has 1 aliphatic rings. The number of carboxylic acids is 1. The van der Waals surface area contributed by atoms with Crippen LogP contribution in [0.25, 0.3) is 6.08 Å². The van der Waals surface area contributed by atoms with E-state index >= 15 is 0 Å². The largest absolute Gasteiger partial charge is 0.480 e. The normalized spacial score (nSPS) is 17.0. The monoisotopic (exact) mass is 378 g/mol. The molecule has 132 valence electrons. The predicted molar refractivity (Wildman–Crippen MR) is 101 cm³/mol. The average Bonchev–Trinajstić information content (AvgIpc) is 2.85. The highest BCUT2D eigenvalue weighted by atomic mass is 32.2. The lowest BCUT2D eigenvalue weighted by atomic mass is 10.2. The Morgan fingerprint density at radius 1 is 1.36 bits per heavy atom. The van der Waals surface area contributed by atoms with Crippen LogP contribution in [0.1, 0.15) is 25.3 Å². The first-order valence-corrected chi connectivity index (χ1v) is 8.97. The van der Waals surface area contributed by atoms with Crippen LogP contribution in [0.5, 0.6) is 0 Å². The van der Waals surface area contributed by atoms with Crippen LogP contribution in [0.2, 0.25) is 0 Å². The van der Waals surface area contributed by atoms with E-state index in [0.29, 0.717) is 15.6 Å². The van der Waals surface area contributed by atoms with E-state index < -0.39 is 17.9 Å². The van der Waals surface area contributed by atoms with Crippen LogP contribution in [-0.2, 0) is 14.4 Å². The quantitative estimate of drug-likeness (QED) is 0.559. The molecule has 1 atom stereocenters. The molecule has 6 nitrogen and oxygen atoms in total. The minimum Gasteiger partial charge on any atom is -0.480 e. The second-order valence-corrected chi connectivity index (χ2v) is 7.04. The Bertz CT molecular complexity index is 719. The summed E-state index contributed by atoms with van der Waals surface area (Å²) in [7, 11) is 0. The van der Waals surface area contributed by atoms with Crippen LogP contribution in [0.3, 0.4) is 0 Å². The van der Waals surface area contributed by atoms with Crippen molar-refractivity contribution in [2.45, 2.75) is 25.8 Å². The number of nitrogens with one attached hydrogen (secondary N) is 1. The van der Waals surface area contributed by atoms with Gasteiger partial charge in [-0.1, -0.05) is 61.2 Å². The fourth-order valence-electron chi connectivity index (χ4n) is 2.21. The van der Waals surface area contributed by atoms with E-state index in [1.54, 1.807) is 13.0 Å². The van der Waals surface area contributed by atoms with Gasteiger partial charge in [-0.25, -0.2) is 4.79 Å². The van der Waals surface area contributed by atoms with Gasteiger partial charge in [0.25, 0.3) is 5.91 Å². The molecular formula is C17H18N2O4S2. The van der Waals surface area contributed by atoms with Crippen molar-refractivity contribution in [3.05, 3.63) is 40.8 Å². The molecule has 2 rings (SSSR count). The molecule has 1 unspecified atom stereocenters. The maximum absolute atomic E-state index is 12.4. The van der Waals surface area contributed by atoms with Crippen molar-refractivity contribution in [1.29, 1.82) is 0 Å². The zero-order chi connectivity index (χ0) is 18.4. The van der Waals surface area contributed by atoms with Crippen LogP contribution in [0.4, 0.5) is 0 Å². The van der Waals surface area contributed by atoms with Crippen LogP contribution < -0.4 is 5.32 Å². The van der Waals surface area contributed by atoms with Crippen molar-refractivity contribution in [3.63, 3.8) is 0 Å². The van der Waals surface area contributed by atoms with Gasteiger partial charge >= 0.3 is 5.97 Å². The third-order valence-electron chi connectivity index (χ3n) is 3.57. The number of benzene rings is 1. The number of rotatable bonds is 7. The van der Waals surface area contributed by atoms with Crippen LogP contribution in [0.15, 0.2) is 35.2 Å². The molecule has 2 N–H and O–H groups in total. The van der Waals surface area contributed by atoms with E-state index in [2.05, 4.69) is 5.32 Å². The zero-order valence-electron chi connectivity index (χ0n) is 13.6. The summed E-state index contributed by atoms with van der Waals surface area (Å²) < 4.78 is 0.394. The van der Waals surface area contributed by atoms with Gasteiger partial charge in [0.2, 0.25) is 5.91 Å². The number of carbonyl (C=O) groups excluding carboxylic acids is 2. The highest BCUT2D eigenvalue weighted by Crippen LogP contribution is 2.32. The minimum atomic E-state index is -1.08. The van der Waals surface area contributed by atoms with Crippen molar-refractivity contribution >= 4 is 52.2 Å². The summed E-state index contributed by atoms with van der Waals surface area (Å²) in [5, 5.41) is 11.4. The smallest absolute Gasteiger partial charge is 0.326 e. The minimum absolute atomic E-state index is 0.00512. The van der Waals surface area contributed by atoms with Crippen molar-refractivity contribution in [2.75, 3.05) is 6.54 Å².